The number of hydrogen-bond acceptors (Lipinski definition) is 2. The molecule has 2 rings (SSSR count). The van der Waals surface area contributed by atoms with Crippen LogP contribution in [0, 0.1) is 6.92 Å². The van der Waals surface area contributed by atoms with Gasteiger partial charge in [0.05, 0.1) is 6.10 Å². The Kier molecular flexibility index (Phi) is 11.3. The van der Waals surface area contributed by atoms with Gasteiger partial charge in [0.2, 0.25) is 0 Å². The molecular weight excluding hydrogens is 318 g/mol. The Morgan fingerprint density at radius 3 is 2.31 bits per heavy atom. The van der Waals surface area contributed by atoms with Crippen molar-refractivity contribution >= 4 is 5.57 Å². The predicted molar refractivity (Wildman–Crippen MR) is 114 cm³/mol. The van der Waals surface area contributed by atoms with Crippen LogP contribution in [0.3, 0.4) is 0 Å². The minimum absolute atomic E-state index is 0.156. The lowest BCUT2D eigenvalue weighted by molar-refractivity contribution is 0.167. The molecule has 0 heterocycles. The van der Waals surface area contributed by atoms with Crippen LogP contribution in [-0.4, -0.2) is 24.3 Å². The second-order valence-corrected chi connectivity index (χ2v) is 6.67. The summed E-state index contributed by atoms with van der Waals surface area (Å²) in [6.07, 6.45) is 3.91. The fourth-order valence-electron chi connectivity index (χ4n) is 2.63. The van der Waals surface area contributed by atoms with Crippen LogP contribution in [-0.2, 0) is 6.42 Å². The molecule has 2 aromatic rings. The molecule has 0 aliphatic heterocycles. The van der Waals surface area contributed by atoms with Crippen molar-refractivity contribution in [1.29, 1.82) is 0 Å². The van der Waals surface area contributed by atoms with E-state index >= 15 is 0 Å². The van der Waals surface area contributed by atoms with Crippen molar-refractivity contribution in [2.24, 2.45) is 0 Å². The highest BCUT2D eigenvalue weighted by Gasteiger charge is 2.02. The Bertz CT molecular complexity index is 621. The van der Waals surface area contributed by atoms with Crippen molar-refractivity contribution < 1.29 is 5.11 Å². The number of nitrogens with one attached hydrogen (secondary N) is 1. The van der Waals surface area contributed by atoms with Gasteiger partial charge in [0.1, 0.15) is 0 Å². The quantitative estimate of drug-likeness (QED) is 0.592. The monoisotopic (exact) mass is 353 g/mol. The van der Waals surface area contributed by atoms with Crippen LogP contribution in [0.15, 0.2) is 61.2 Å². The van der Waals surface area contributed by atoms with Crippen LogP contribution < -0.4 is 5.32 Å². The van der Waals surface area contributed by atoms with E-state index in [0.29, 0.717) is 0 Å². The molecule has 0 saturated carbocycles. The van der Waals surface area contributed by atoms with Crippen molar-refractivity contribution in [2.45, 2.75) is 52.6 Å². The first kappa shape index (κ1) is 22.1. The molecule has 2 aromatic carbocycles. The molecule has 1 atom stereocenters. The standard InChI is InChI=1S/C17H18.C7H17NO/c1-14-8-6-7-11-17(14)15(2)12-13-16-9-4-3-5-10-16;1-3-5-8-6-7(9)4-2/h3-11H,2,12-13H2,1H3;7-9H,3-6H2,1-2H3. The highest BCUT2D eigenvalue weighted by atomic mass is 16.3. The molecule has 0 aromatic heterocycles. The minimum atomic E-state index is -0.156. The first-order valence-electron chi connectivity index (χ1n) is 9.74. The molecule has 1 unspecified atom stereocenters. The lowest BCUT2D eigenvalue weighted by Gasteiger charge is -2.09. The molecule has 2 heteroatoms. The van der Waals surface area contributed by atoms with E-state index in [9.17, 15) is 0 Å². The lowest BCUT2D eigenvalue weighted by Crippen LogP contribution is -2.26. The van der Waals surface area contributed by atoms with E-state index in [0.717, 1.165) is 38.8 Å². The normalized spacial score (nSPS) is 11.4. The largest absolute Gasteiger partial charge is 0.392 e. The fraction of sp³-hybridized carbons (Fsp3) is 0.417. The number of hydrogen-bond donors (Lipinski definition) is 2. The number of allylic oxidation sites excluding steroid dienone is 1. The first-order chi connectivity index (χ1) is 12.6. The number of aliphatic hydroxyl groups excluding tert-OH is 1. The predicted octanol–water partition coefficient (Wildman–Crippen LogP) is 5.40. The van der Waals surface area contributed by atoms with Crippen LogP contribution >= 0.6 is 0 Å². The highest BCUT2D eigenvalue weighted by Crippen LogP contribution is 2.21. The van der Waals surface area contributed by atoms with Crippen molar-refractivity contribution in [3.63, 3.8) is 0 Å². The van der Waals surface area contributed by atoms with Crippen LogP contribution in [0.5, 0.6) is 0 Å². The summed E-state index contributed by atoms with van der Waals surface area (Å²) in [6, 6.07) is 19.0. The zero-order valence-electron chi connectivity index (χ0n) is 16.7. The Labute approximate surface area is 160 Å². The third-order valence-electron chi connectivity index (χ3n) is 4.36. The topological polar surface area (TPSA) is 32.3 Å². The summed E-state index contributed by atoms with van der Waals surface area (Å²) in [5.74, 6) is 0. The second kappa shape index (κ2) is 13.3. The number of benzene rings is 2. The SMILES string of the molecule is C=C(CCc1ccccc1)c1ccccc1C.CCCNCC(O)CC. The van der Waals surface area contributed by atoms with E-state index in [1.807, 2.05) is 6.92 Å². The summed E-state index contributed by atoms with van der Waals surface area (Å²) < 4.78 is 0. The van der Waals surface area contributed by atoms with Crippen LogP contribution in [0.4, 0.5) is 0 Å². The summed E-state index contributed by atoms with van der Waals surface area (Å²) in [6.45, 7) is 12.2. The Balaban J connectivity index is 0.000000321. The van der Waals surface area contributed by atoms with E-state index in [1.165, 1.54) is 22.3 Å². The molecular formula is C24H35NO. The summed E-state index contributed by atoms with van der Waals surface area (Å²) in [7, 11) is 0. The van der Waals surface area contributed by atoms with Crippen LogP contribution in [0.2, 0.25) is 0 Å². The third-order valence-corrected chi connectivity index (χ3v) is 4.36. The average Bonchev–Trinajstić information content (AvgIpc) is 2.68. The maximum Gasteiger partial charge on any atom is 0.0662 e. The lowest BCUT2D eigenvalue weighted by atomic mass is 9.96. The molecule has 0 amide bonds. The van der Waals surface area contributed by atoms with Gasteiger partial charge in [-0.15, -0.1) is 0 Å². The highest BCUT2D eigenvalue weighted by molar-refractivity contribution is 5.66. The molecule has 0 aliphatic carbocycles. The molecule has 0 fully saturated rings. The molecule has 142 valence electrons. The summed E-state index contributed by atoms with van der Waals surface area (Å²) in [4.78, 5) is 0. The molecule has 26 heavy (non-hydrogen) atoms. The molecule has 0 bridgehead atoms. The smallest absolute Gasteiger partial charge is 0.0662 e. The average molecular weight is 354 g/mol. The van der Waals surface area contributed by atoms with E-state index < -0.39 is 0 Å². The molecule has 0 spiro atoms. The van der Waals surface area contributed by atoms with Crippen LogP contribution in [0.1, 0.15) is 49.8 Å². The van der Waals surface area contributed by atoms with Crippen molar-refractivity contribution in [3.05, 3.63) is 77.9 Å². The summed E-state index contributed by atoms with van der Waals surface area (Å²) >= 11 is 0. The van der Waals surface area contributed by atoms with Gasteiger partial charge in [-0.25, -0.2) is 0 Å². The number of rotatable bonds is 9. The van der Waals surface area contributed by atoms with Gasteiger partial charge in [0.25, 0.3) is 0 Å². The van der Waals surface area contributed by atoms with Gasteiger partial charge in [-0.05, 0) is 61.4 Å². The second-order valence-electron chi connectivity index (χ2n) is 6.67. The van der Waals surface area contributed by atoms with Crippen molar-refractivity contribution in [3.8, 4) is 0 Å². The summed E-state index contributed by atoms with van der Waals surface area (Å²) in [5, 5.41) is 12.2. The van der Waals surface area contributed by atoms with Gasteiger partial charge in [-0.1, -0.05) is 75.0 Å². The molecule has 2 N–H and O–H groups in total. The van der Waals surface area contributed by atoms with Gasteiger partial charge in [-0.2, -0.15) is 0 Å². The zero-order chi connectivity index (χ0) is 19.2. The Hall–Kier alpha value is -1.90. The molecule has 0 saturated heterocycles. The fourth-order valence-corrected chi connectivity index (χ4v) is 2.63. The van der Waals surface area contributed by atoms with E-state index in [2.05, 4.69) is 80.3 Å². The molecule has 0 radical (unpaired) electrons. The van der Waals surface area contributed by atoms with Crippen molar-refractivity contribution in [1.82, 2.24) is 5.32 Å². The van der Waals surface area contributed by atoms with Gasteiger partial charge >= 0.3 is 0 Å². The minimum Gasteiger partial charge on any atom is -0.392 e. The van der Waals surface area contributed by atoms with Gasteiger partial charge in [0.15, 0.2) is 0 Å². The number of aryl methyl sites for hydroxylation is 2. The van der Waals surface area contributed by atoms with Crippen LogP contribution in [0.25, 0.3) is 5.57 Å². The maximum absolute atomic E-state index is 9.02. The van der Waals surface area contributed by atoms with Gasteiger partial charge in [0, 0.05) is 6.54 Å². The number of aliphatic hydroxyl groups is 1. The van der Waals surface area contributed by atoms with E-state index in [-0.39, 0.29) is 6.10 Å². The van der Waals surface area contributed by atoms with E-state index in [1.54, 1.807) is 0 Å². The van der Waals surface area contributed by atoms with Gasteiger partial charge < -0.3 is 10.4 Å². The first-order valence-corrected chi connectivity index (χ1v) is 9.74. The third kappa shape index (κ3) is 8.98. The van der Waals surface area contributed by atoms with Crippen molar-refractivity contribution in [2.75, 3.05) is 13.1 Å². The molecule has 0 aliphatic rings. The Morgan fingerprint density at radius 2 is 1.69 bits per heavy atom. The van der Waals surface area contributed by atoms with Gasteiger partial charge in [-0.3, -0.25) is 0 Å². The van der Waals surface area contributed by atoms with E-state index in [4.69, 9.17) is 5.11 Å². The Morgan fingerprint density at radius 1 is 1.04 bits per heavy atom. The zero-order valence-corrected chi connectivity index (χ0v) is 16.7. The molecule has 2 nitrogen and oxygen atoms in total. The summed E-state index contributed by atoms with van der Waals surface area (Å²) in [5.41, 5.74) is 5.21. The maximum atomic E-state index is 9.02.